The number of rotatable bonds is 10. The van der Waals surface area contributed by atoms with Crippen LogP contribution in [0.25, 0.3) is 0 Å². The minimum absolute atomic E-state index is 0.00828. The van der Waals surface area contributed by atoms with Gasteiger partial charge in [0.2, 0.25) is 5.69 Å². The molecule has 1 saturated heterocycles. The fourth-order valence-corrected chi connectivity index (χ4v) is 7.89. The van der Waals surface area contributed by atoms with E-state index < -0.39 is 68.4 Å². The summed E-state index contributed by atoms with van der Waals surface area (Å²) in [7, 11) is -9.43. The van der Waals surface area contributed by atoms with Crippen LogP contribution in [0.3, 0.4) is 0 Å². The maximum absolute atomic E-state index is 13.3. The van der Waals surface area contributed by atoms with E-state index >= 15 is 0 Å². The van der Waals surface area contributed by atoms with Crippen LogP contribution in [0.15, 0.2) is 11.1 Å². The molecule has 1 spiro atoms. The Balaban J connectivity index is 2.30. The molecule has 0 aliphatic carbocycles. The lowest BCUT2D eigenvalue weighted by atomic mass is 9.89. The molecule has 0 saturated carbocycles. The first-order valence-electron chi connectivity index (χ1n) is 14.7. The number of carbonyl (C=O) groups excluding carboxylic acids is 2. The summed E-state index contributed by atoms with van der Waals surface area (Å²) in [6.45, 7) is 23.4. The Morgan fingerprint density at radius 3 is 2.02 bits per heavy atom. The summed E-state index contributed by atoms with van der Waals surface area (Å²) in [6.07, 6.45) is -3.74. The first kappa shape index (κ1) is 36.3. The van der Waals surface area contributed by atoms with Crippen molar-refractivity contribution < 1.29 is 45.3 Å². The minimum Gasteiger partial charge on any atom is -0.461 e. The molecule has 1 fully saturated rings. The van der Waals surface area contributed by atoms with Crippen LogP contribution in [-0.2, 0) is 37.4 Å². The molecule has 1 aromatic rings. The van der Waals surface area contributed by atoms with Gasteiger partial charge in [-0.25, -0.2) is 18.5 Å². The summed E-state index contributed by atoms with van der Waals surface area (Å²) < 4.78 is 63.2. The summed E-state index contributed by atoms with van der Waals surface area (Å²) in [6, 6.07) is 0. The van der Waals surface area contributed by atoms with Crippen LogP contribution >= 0.6 is 0 Å². The summed E-state index contributed by atoms with van der Waals surface area (Å²) in [5.41, 5.74) is 3.76. The van der Waals surface area contributed by atoms with Gasteiger partial charge in [0.15, 0.2) is 34.2 Å². The smallest absolute Gasteiger partial charge is 0.361 e. The highest BCUT2D eigenvalue weighted by Crippen LogP contribution is 2.52. The molecule has 17 heteroatoms. The number of esters is 2. The van der Waals surface area contributed by atoms with Crippen molar-refractivity contribution in [1.82, 2.24) is 15.0 Å². The van der Waals surface area contributed by atoms with Gasteiger partial charge in [-0.1, -0.05) is 46.8 Å². The normalized spacial score (nSPS) is 25.7. The maximum atomic E-state index is 13.3. The quantitative estimate of drug-likeness (QED) is 0.215. The van der Waals surface area contributed by atoms with E-state index in [-0.39, 0.29) is 41.3 Å². The molecule has 1 aromatic heterocycles. The number of hydrogen-bond donors (Lipinski definition) is 1. The lowest BCUT2D eigenvalue weighted by Gasteiger charge is -2.43. The van der Waals surface area contributed by atoms with E-state index in [4.69, 9.17) is 33.0 Å². The molecule has 2 aliphatic rings. The first-order valence-corrected chi connectivity index (χ1v) is 21.9. The summed E-state index contributed by atoms with van der Waals surface area (Å²) in [5, 5.41) is 8.38. The predicted octanol–water partition coefficient (Wildman–Crippen LogP) is 3.84. The summed E-state index contributed by atoms with van der Waals surface area (Å²) in [4.78, 5) is 26.1. The number of nitrogens with zero attached hydrogens (tertiary/aromatic N) is 3. The zero-order valence-corrected chi connectivity index (χ0v) is 30.7. The molecule has 4 atom stereocenters. The predicted molar refractivity (Wildman–Crippen MR) is 166 cm³/mol. The zero-order valence-electron chi connectivity index (χ0n) is 27.8. The van der Waals surface area contributed by atoms with Crippen molar-refractivity contribution in [3.8, 4) is 0 Å². The highest BCUT2D eigenvalue weighted by atomic mass is 32.2. The van der Waals surface area contributed by atoms with Gasteiger partial charge in [-0.05, 0) is 50.1 Å². The Kier molecular flexibility index (Phi) is 10.1. The van der Waals surface area contributed by atoms with Gasteiger partial charge in [0.1, 0.15) is 12.2 Å². The molecular formula is C27H48N4O10SSi2. The Morgan fingerprint density at radius 2 is 1.55 bits per heavy atom. The molecule has 250 valence electrons. The van der Waals surface area contributed by atoms with Crippen LogP contribution in [0.2, 0.25) is 36.3 Å². The molecule has 0 radical (unpaired) electrons. The van der Waals surface area contributed by atoms with Crippen molar-refractivity contribution in [2.24, 2.45) is 5.73 Å². The molecule has 3 rings (SSSR count). The highest BCUT2D eigenvalue weighted by molar-refractivity contribution is 7.90. The first-order chi connectivity index (χ1) is 20.0. The van der Waals surface area contributed by atoms with Gasteiger partial charge in [-0.15, -0.1) is 5.10 Å². The van der Waals surface area contributed by atoms with E-state index in [0.717, 1.165) is 10.1 Å². The number of hydrogen-bond acceptors (Lipinski definition) is 13. The van der Waals surface area contributed by atoms with E-state index in [2.05, 4.69) is 31.1 Å². The SMILES string of the molecule is CCOC(=O)c1nnn([C@@H]2OC(CO[Si](C)(C)C(C)(C)C)C3(OS(=O)(=O)C=C3N)[C@H]2O[Si](C)(C)C(C)(C)C)c1C(=O)OCC. The summed E-state index contributed by atoms with van der Waals surface area (Å²) >= 11 is 0. The molecule has 2 aliphatic heterocycles. The lowest BCUT2D eigenvalue weighted by molar-refractivity contribution is -0.0607. The molecule has 0 aromatic carbocycles. The third-order valence-corrected chi connectivity index (χ3v) is 18.9. The maximum Gasteiger partial charge on any atom is 0.361 e. The average Bonchev–Trinajstić information content (AvgIpc) is 3.49. The van der Waals surface area contributed by atoms with E-state index in [1.54, 1.807) is 13.8 Å². The van der Waals surface area contributed by atoms with Crippen molar-refractivity contribution >= 4 is 38.7 Å². The standard InChI is InChI=1S/C27H48N4O10SSi2/c1-13-36-23(32)19-20(24(33)37-14-2)31(30-29-19)22-21(40-44(11,12)26(6,7)8)27(17(28)16-42(34,35)41-27)18(39-22)15-38-43(9,10)25(3,4)5/h16,18,21-22H,13-15,28H2,1-12H3/t18?,21-,22+,27?/m0/s1. The molecule has 2 N–H and O–H groups in total. The highest BCUT2D eigenvalue weighted by Gasteiger charge is 2.68. The van der Waals surface area contributed by atoms with E-state index in [9.17, 15) is 18.0 Å². The van der Waals surface area contributed by atoms with Gasteiger partial charge in [-0.3, -0.25) is 0 Å². The van der Waals surface area contributed by atoms with Crippen LogP contribution < -0.4 is 5.73 Å². The number of ether oxygens (including phenoxy) is 3. The van der Waals surface area contributed by atoms with Gasteiger partial charge >= 0.3 is 11.9 Å². The van der Waals surface area contributed by atoms with Crippen molar-refractivity contribution in [2.75, 3.05) is 19.8 Å². The van der Waals surface area contributed by atoms with Crippen LogP contribution in [0.4, 0.5) is 0 Å². The van der Waals surface area contributed by atoms with Crippen molar-refractivity contribution in [2.45, 2.75) is 116 Å². The van der Waals surface area contributed by atoms with Gasteiger partial charge < -0.3 is 28.8 Å². The number of aromatic nitrogens is 3. The van der Waals surface area contributed by atoms with Crippen molar-refractivity contribution in [1.29, 1.82) is 0 Å². The monoisotopic (exact) mass is 676 g/mol. The van der Waals surface area contributed by atoms with Gasteiger partial charge in [0.05, 0.1) is 30.9 Å². The Bertz CT molecular complexity index is 1400. The molecule has 44 heavy (non-hydrogen) atoms. The summed E-state index contributed by atoms with van der Waals surface area (Å²) in [5.74, 6) is -1.80. The van der Waals surface area contributed by atoms with E-state index in [1.165, 1.54) is 0 Å². The largest absolute Gasteiger partial charge is 0.461 e. The average molecular weight is 677 g/mol. The molecule has 0 bridgehead atoms. The topological polar surface area (TPSA) is 180 Å². The zero-order chi connectivity index (χ0) is 33.7. The van der Waals surface area contributed by atoms with Gasteiger partial charge in [-0.2, -0.15) is 8.42 Å². The fraction of sp³-hybridized carbons (Fsp3) is 0.778. The van der Waals surface area contributed by atoms with E-state index in [0.29, 0.717) is 0 Å². The molecular weight excluding hydrogens is 629 g/mol. The third-order valence-electron chi connectivity index (χ3n) is 8.94. The Labute approximate surface area is 262 Å². The lowest BCUT2D eigenvalue weighted by Crippen LogP contribution is -2.59. The fourth-order valence-electron chi connectivity index (χ4n) is 4.39. The van der Waals surface area contributed by atoms with E-state index in [1.807, 2.05) is 47.0 Å². The van der Waals surface area contributed by atoms with Gasteiger partial charge in [0.25, 0.3) is 10.1 Å². The molecule has 14 nitrogen and oxygen atoms in total. The second-order valence-corrected chi connectivity index (χ2v) is 25.0. The minimum atomic E-state index is -4.27. The Hall–Kier alpha value is -2.16. The third kappa shape index (κ3) is 6.68. The Morgan fingerprint density at radius 1 is 1.00 bits per heavy atom. The number of carbonyl (C=O) groups is 2. The molecule has 0 amide bonds. The molecule has 2 unspecified atom stereocenters. The molecule has 3 heterocycles. The second kappa shape index (κ2) is 12.2. The van der Waals surface area contributed by atoms with Gasteiger partial charge in [0, 0.05) is 0 Å². The second-order valence-electron chi connectivity index (χ2n) is 14.0. The number of nitrogens with two attached hydrogens (primary N) is 1. The van der Waals surface area contributed by atoms with Crippen LogP contribution in [0, 0.1) is 0 Å². The van der Waals surface area contributed by atoms with Crippen molar-refractivity contribution in [3.63, 3.8) is 0 Å². The van der Waals surface area contributed by atoms with Crippen LogP contribution in [0.5, 0.6) is 0 Å². The van der Waals surface area contributed by atoms with Crippen LogP contribution in [0.1, 0.15) is 82.6 Å². The van der Waals surface area contributed by atoms with Crippen molar-refractivity contribution in [3.05, 3.63) is 22.5 Å². The van der Waals surface area contributed by atoms with Crippen LogP contribution in [-0.4, -0.2) is 89.6 Å².